The summed E-state index contributed by atoms with van der Waals surface area (Å²) in [6, 6.07) is 2.46. The van der Waals surface area contributed by atoms with E-state index >= 15 is 0 Å². The van der Waals surface area contributed by atoms with Gasteiger partial charge in [0, 0.05) is 31.6 Å². The minimum absolute atomic E-state index is 0.0843. The van der Waals surface area contributed by atoms with E-state index in [1.165, 1.54) is 17.4 Å². The summed E-state index contributed by atoms with van der Waals surface area (Å²) >= 11 is 14.2. The molecule has 1 saturated heterocycles. The fraction of sp³-hybridized carbons (Fsp3) is 0.440. The number of aliphatic carboxylic acids is 1. The third-order valence-electron chi connectivity index (χ3n) is 5.83. The SMILES string of the molecule is CC(C)CC(=O)N[C@@H](CC(=O)O)C(=O)NC1CCN(C(=O)/C=C/c2cc3ccsc3c(Cl)c2Cl)CC1. The number of hydrogen-bond acceptors (Lipinski definition) is 5. The van der Waals surface area contributed by atoms with Gasteiger partial charge in [-0.15, -0.1) is 11.3 Å². The maximum Gasteiger partial charge on any atom is 0.305 e. The predicted molar refractivity (Wildman–Crippen MR) is 142 cm³/mol. The van der Waals surface area contributed by atoms with Crippen LogP contribution in [0.1, 0.15) is 45.1 Å². The van der Waals surface area contributed by atoms with Gasteiger partial charge >= 0.3 is 5.97 Å². The lowest BCUT2D eigenvalue weighted by atomic mass is 10.0. The van der Waals surface area contributed by atoms with E-state index < -0.39 is 24.3 Å². The molecule has 8 nitrogen and oxygen atoms in total. The largest absolute Gasteiger partial charge is 0.481 e. The van der Waals surface area contributed by atoms with Gasteiger partial charge in [-0.1, -0.05) is 37.0 Å². The van der Waals surface area contributed by atoms with Gasteiger partial charge in [0.05, 0.1) is 21.2 Å². The van der Waals surface area contributed by atoms with Gasteiger partial charge in [0.1, 0.15) is 6.04 Å². The molecule has 0 aliphatic carbocycles. The maximum atomic E-state index is 12.7. The lowest BCUT2D eigenvalue weighted by Crippen LogP contribution is -2.53. The highest BCUT2D eigenvalue weighted by Crippen LogP contribution is 2.37. The Labute approximate surface area is 223 Å². The number of thiophene rings is 1. The quantitative estimate of drug-likeness (QED) is 0.399. The number of nitrogens with zero attached hydrogens (tertiary/aromatic N) is 1. The highest BCUT2D eigenvalue weighted by atomic mass is 35.5. The minimum Gasteiger partial charge on any atom is -0.481 e. The van der Waals surface area contributed by atoms with Gasteiger partial charge in [-0.2, -0.15) is 0 Å². The summed E-state index contributed by atoms with van der Waals surface area (Å²) in [5.74, 6) is -2.16. The number of likely N-dealkylation sites (tertiary alicyclic amines) is 1. The van der Waals surface area contributed by atoms with Gasteiger partial charge in [-0.3, -0.25) is 19.2 Å². The summed E-state index contributed by atoms with van der Waals surface area (Å²) < 4.78 is 0.902. The number of piperidine rings is 1. The van der Waals surface area contributed by atoms with Crippen LogP contribution < -0.4 is 10.6 Å². The lowest BCUT2D eigenvalue weighted by Gasteiger charge is -2.32. The molecule has 194 valence electrons. The highest BCUT2D eigenvalue weighted by molar-refractivity contribution is 7.18. The molecule has 1 atom stereocenters. The third kappa shape index (κ3) is 7.44. The van der Waals surface area contributed by atoms with E-state index in [9.17, 15) is 19.2 Å². The first-order valence-electron chi connectivity index (χ1n) is 11.7. The van der Waals surface area contributed by atoms with Crippen LogP contribution in [0, 0.1) is 5.92 Å². The van der Waals surface area contributed by atoms with Gasteiger partial charge in [-0.25, -0.2) is 0 Å². The van der Waals surface area contributed by atoms with E-state index in [0.29, 0.717) is 41.5 Å². The topological polar surface area (TPSA) is 116 Å². The zero-order chi connectivity index (χ0) is 26.4. The van der Waals surface area contributed by atoms with Crippen molar-refractivity contribution >= 4 is 74.4 Å². The van der Waals surface area contributed by atoms with Crippen LogP contribution in [0.4, 0.5) is 0 Å². The summed E-state index contributed by atoms with van der Waals surface area (Å²) in [5.41, 5.74) is 0.659. The van der Waals surface area contributed by atoms with E-state index in [1.807, 2.05) is 31.4 Å². The molecule has 1 aliphatic rings. The number of carboxylic acid groups (broad SMARTS) is 1. The molecule has 0 bridgehead atoms. The number of hydrogen-bond donors (Lipinski definition) is 3. The van der Waals surface area contributed by atoms with Crippen molar-refractivity contribution in [1.82, 2.24) is 15.5 Å². The molecule has 2 heterocycles. The number of benzene rings is 1. The molecule has 1 aromatic carbocycles. The van der Waals surface area contributed by atoms with Crippen LogP contribution in [-0.4, -0.2) is 58.9 Å². The molecule has 36 heavy (non-hydrogen) atoms. The van der Waals surface area contributed by atoms with Crippen molar-refractivity contribution in [2.45, 2.75) is 51.6 Å². The van der Waals surface area contributed by atoms with E-state index in [4.69, 9.17) is 28.3 Å². The van der Waals surface area contributed by atoms with Crippen molar-refractivity contribution in [3.05, 3.63) is 39.2 Å². The highest BCUT2D eigenvalue weighted by Gasteiger charge is 2.28. The minimum atomic E-state index is -1.17. The first-order valence-corrected chi connectivity index (χ1v) is 13.3. The Morgan fingerprint density at radius 2 is 1.86 bits per heavy atom. The molecule has 3 N–H and O–H groups in total. The van der Waals surface area contributed by atoms with Crippen molar-refractivity contribution in [3.63, 3.8) is 0 Å². The molecule has 0 unspecified atom stereocenters. The van der Waals surface area contributed by atoms with Crippen molar-refractivity contribution in [2.24, 2.45) is 5.92 Å². The number of nitrogens with one attached hydrogen (secondary N) is 2. The molecule has 2 aromatic rings. The summed E-state index contributed by atoms with van der Waals surface area (Å²) in [7, 11) is 0. The van der Waals surface area contributed by atoms with E-state index in [1.54, 1.807) is 11.0 Å². The summed E-state index contributed by atoms with van der Waals surface area (Å²) in [6.07, 6.45) is 3.84. The van der Waals surface area contributed by atoms with Crippen molar-refractivity contribution in [1.29, 1.82) is 0 Å². The molecule has 1 fully saturated rings. The van der Waals surface area contributed by atoms with Crippen molar-refractivity contribution in [3.8, 4) is 0 Å². The zero-order valence-corrected chi connectivity index (χ0v) is 22.4. The molecule has 1 aliphatic heterocycles. The first kappa shape index (κ1) is 28.0. The molecule has 1 aromatic heterocycles. The molecular formula is C25H29Cl2N3O5S. The lowest BCUT2D eigenvalue weighted by molar-refractivity contribution is -0.141. The van der Waals surface area contributed by atoms with E-state index in [-0.39, 0.29) is 30.2 Å². The van der Waals surface area contributed by atoms with Gasteiger partial charge < -0.3 is 20.6 Å². The average Bonchev–Trinajstić information content (AvgIpc) is 3.28. The summed E-state index contributed by atoms with van der Waals surface area (Å²) in [5, 5.41) is 18.2. The number of carbonyl (C=O) groups is 4. The Morgan fingerprint density at radius 3 is 2.50 bits per heavy atom. The van der Waals surface area contributed by atoms with Crippen molar-refractivity contribution in [2.75, 3.05) is 13.1 Å². The number of carbonyl (C=O) groups excluding carboxylic acids is 3. The number of fused-ring (bicyclic) bond motifs is 1. The number of carboxylic acids is 1. The first-order chi connectivity index (χ1) is 17.0. The van der Waals surface area contributed by atoms with Crippen molar-refractivity contribution < 1.29 is 24.3 Å². The molecule has 0 spiro atoms. The second-order valence-corrected chi connectivity index (χ2v) is 10.9. The smallest absolute Gasteiger partial charge is 0.305 e. The van der Waals surface area contributed by atoms with Gasteiger partial charge in [0.25, 0.3) is 0 Å². The van der Waals surface area contributed by atoms with E-state index in [0.717, 1.165) is 10.1 Å². The van der Waals surface area contributed by atoms with Crippen LogP contribution in [0.5, 0.6) is 0 Å². The Hall–Kier alpha value is -2.62. The van der Waals surface area contributed by atoms with E-state index in [2.05, 4.69) is 10.6 Å². The summed E-state index contributed by atoms with van der Waals surface area (Å²) in [6.45, 7) is 4.58. The number of amides is 3. The molecule has 0 saturated carbocycles. The van der Waals surface area contributed by atoms with Crippen LogP contribution >= 0.6 is 34.5 Å². The Bertz CT molecular complexity index is 1170. The Kier molecular flexibility index (Phi) is 9.76. The van der Waals surface area contributed by atoms with Crippen LogP contribution in [0.2, 0.25) is 10.0 Å². The normalized spacial score (nSPS) is 15.4. The van der Waals surface area contributed by atoms with Crippen LogP contribution in [0.3, 0.4) is 0 Å². The molecule has 3 amide bonds. The second-order valence-electron chi connectivity index (χ2n) is 9.19. The fourth-order valence-corrected chi connectivity index (χ4v) is 5.45. The standard InChI is InChI=1S/C25H29Cl2N3O5S/c1-14(2)11-19(31)29-18(13-21(33)34)25(35)28-17-5-8-30(9-6-17)20(32)4-3-15-12-16-7-10-36-24(16)23(27)22(15)26/h3-4,7,10,12,14,17-18H,5-6,8-9,11,13H2,1-2H3,(H,28,35)(H,29,31)(H,33,34)/b4-3+/t18-/m0/s1. The van der Waals surface area contributed by atoms with Crippen LogP contribution in [0.15, 0.2) is 23.6 Å². The van der Waals surface area contributed by atoms with Gasteiger partial charge in [0.15, 0.2) is 0 Å². The summed E-state index contributed by atoms with van der Waals surface area (Å²) in [4.78, 5) is 50.3. The Morgan fingerprint density at radius 1 is 1.17 bits per heavy atom. The van der Waals surface area contributed by atoms with Crippen LogP contribution in [-0.2, 0) is 19.2 Å². The molecule has 3 rings (SSSR count). The molecular weight excluding hydrogens is 525 g/mol. The molecule has 11 heteroatoms. The number of halogens is 2. The second kappa shape index (κ2) is 12.6. The van der Waals surface area contributed by atoms with Gasteiger partial charge in [-0.05, 0) is 53.3 Å². The van der Waals surface area contributed by atoms with Gasteiger partial charge in [0.2, 0.25) is 17.7 Å². The Balaban J connectivity index is 1.54. The predicted octanol–water partition coefficient (Wildman–Crippen LogP) is 4.33. The monoisotopic (exact) mass is 553 g/mol. The zero-order valence-electron chi connectivity index (χ0n) is 20.1. The number of rotatable bonds is 9. The molecule has 0 radical (unpaired) electrons. The third-order valence-corrected chi connectivity index (χ3v) is 7.78. The average molecular weight is 554 g/mol. The fourth-order valence-electron chi connectivity index (χ4n) is 4.01. The maximum absolute atomic E-state index is 12.7. The van der Waals surface area contributed by atoms with Crippen LogP contribution in [0.25, 0.3) is 16.2 Å².